The van der Waals surface area contributed by atoms with E-state index < -0.39 is 6.10 Å². The summed E-state index contributed by atoms with van der Waals surface area (Å²) in [6.45, 7) is 1.88. The van der Waals surface area contributed by atoms with Crippen LogP contribution in [0.4, 0.5) is 0 Å². The van der Waals surface area contributed by atoms with Crippen molar-refractivity contribution in [3.63, 3.8) is 0 Å². The second-order valence-electron chi connectivity index (χ2n) is 3.91. The van der Waals surface area contributed by atoms with Gasteiger partial charge in [0.15, 0.2) is 5.78 Å². The molecule has 2 aliphatic carbocycles. The average molecular weight is 170 g/mol. The van der Waals surface area contributed by atoms with Crippen LogP contribution in [0.25, 0.3) is 0 Å². The molecule has 5 atom stereocenters. The lowest BCUT2D eigenvalue weighted by molar-refractivity contribution is -0.140. The van der Waals surface area contributed by atoms with Crippen LogP contribution in [0.5, 0.6) is 0 Å². The minimum Gasteiger partial charge on any atom is -0.385 e. The van der Waals surface area contributed by atoms with Crippen LogP contribution >= 0.6 is 0 Å². The fraction of sp³-hybridized carbons (Fsp3) is 0.889. The highest BCUT2D eigenvalue weighted by molar-refractivity contribution is 5.89. The quantitative estimate of drug-likeness (QED) is 0.612. The van der Waals surface area contributed by atoms with Crippen molar-refractivity contribution in [1.29, 1.82) is 0 Å². The molecule has 2 fully saturated rings. The van der Waals surface area contributed by atoms with E-state index in [-0.39, 0.29) is 23.7 Å². The lowest BCUT2D eigenvalue weighted by Crippen LogP contribution is -2.43. The Balaban J connectivity index is 2.16. The second kappa shape index (κ2) is 2.54. The van der Waals surface area contributed by atoms with Crippen molar-refractivity contribution < 1.29 is 14.6 Å². The molecule has 0 unspecified atom stereocenters. The summed E-state index contributed by atoms with van der Waals surface area (Å²) in [5.74, 6) is 0.481. The molecule has 3 nitrogen and oxygen atoms in total. The Morgan fingerprint density at radius 3 is 2.83 bits per heavy atom. The van der Waals surface area contributed by atoms with Gasteiger partial charge in [0.2, 0.25) is 0 Å². The third kappa shape index (κ3) is 0.930. The number of ether oxygens (including phenoxy) is 1. The Bertz CT molecular complexity index is 214. The van der Waals surface area contributed by atoms with Crippen LogP contribution in [0, 0.1) is 17.8 Å². The zero-order valence-corrected chi connectivity index (χ0v) is 7.36. The van der Waals surface area contributed by atoms with E-state index >= 15 is 0 Å². The van der Waals surface area contributed by atoms with Gasteiger partial charge in [-0.15, -0.1) is 0 Å². The molecule has 0 saturated heterocycles. The smallest absolute Gasteiger partial charge is 0.165 e. The number of Topliss-reactive ketones (excluding diaryl/α,β-unsaturated/α-hetero) is 1. The van der Waals surface area contributed by atoms with Crippen molar-refractivity contribution in [1.82, 2.24) is 0 Å². The summed E-state index contributed by atoms with van der Waals surface area (Å²) in [5, 5.41) is 9.52. The monoisotopic (exact) mass is 170 g/mol. The average Bonchev–Trinajstić information content (AvgIpc) is 2.81. The molecular weight excluding hydrogens is 156 g/mol. The van der Waals surface area contributed by atoms with Gasteiger partial charge in [-0.1, -0.05) is 6.92 Å². The first-order valence-electron chi connectivity index (χ1n) is 4.41. The fourth-order valence-electron chi connectivity index (χ4n) is 2.34. The summed E-state index contributed by atoms with van der Waals surface area (Å²) >= 11 is 0. The van der Waals surface area contributed by atoms with E-state index in [2.05, 4.69) is 0 Å². The number of carbonyl (C=O) groups is 1. The Labute approximate surface area is 71.7 Å². The molecule has 68 valence electrons. The van der Waals surface area contributed by atoms with E-state index in [0.717, 1.165) is 6.42 Å². The van der Waals surface area contributed by atoms with E-state index in [1.807, 2.05) is 6.92 Å². The van der Waals surface area contributed by atoms with Crippen LogP contribution in [0.15, 0.2) is 0 Å². The summed E-state index contributed by atoms with van der Waals surface area (Å²) in [7, 11) is 1.65. The molecule has 0 spiro atoms. The molecule has 0 aromatic carbocycles. The molecule has 0 heterocycles. The van der Waals surface area contributed by atoms with Crippen molar-refractivity contribution in [2.75, 3.05) is 7.11 Å². The van der Waals surface area contributed by atoms with E-state index in [0.29, 0.717) is 5.92 Å². The van der Waals surface area contributed by atoms with Crippen LogP contribution in [-0.2, 0) is 9.53 Å². The first-order chi connectivity index (χ1) is 5.66. The van der Waals surface area contributed by atoms with Gasteiger partial charge in [0.05, 0.1) is 6.10 Å². The van der Waals surface area contributed by atoms with Gasteiger partial charge in [0.1, 0.15) is 6.10 Å². The molecule has 0 bridgehead atoms. The molecule has 0 aromatic rings. The lowest BCUT2D eigenvalue weighted by Gasteiger charge is -2.30. The van der Waals surface area contributed by atoms with Crippen molar-refractivity contribution in [2.45, 2.75) is 25.6 Å². The predicted molar refractivity (Wildman–Crippen MR) is 42.6 cm³/mol. The molecule has 0 aromatic heterocycles. The molecule has 1 N–H and O–H groups in total. The van der Waals surface area contributed by atoms with E-state index in [4.69, 9.17) is 4.74 Å². The standard InChI is InChI=1S/C9H14O3/c1-4-7(10)8(11)5-3-6(5)9(4)12-2/h4-7,9-10H,3H2,1-2H3/t4-,5+,6-,7+,9-/m0/s1. The van der Waals surface area contributed by atoms with Crippen LogP contribution < -0.4 is 0 Å². The molecule has 0 amide bonds. The predicted octanol–water partition coefficient (Wildman–Crippen LogP) is 0.217. The summed E-state index contributed by atoms with van der Waals surface area (Å²) in [4.78, 5) is 11.3. The van der Waals surface area contributed by atoms with Crippen molar-refractivity contribution >= 4 is 5.78 Å². The van der Waals surface area contributed by atoms with Crippen molar-refractivity contribution in [2.24, 2.45) is 17.8 Å². The topological polar surface area (TPSA) is 46.5 Å². The van der Waals surface area contributed by atoms with Gasteiger partial charge in [-0.2, -0.15) is 0 Å². The van der Waals surface area contributed by atoms with Gasteiger partial charge in [-0.3, -0.25) is 4.79 Å². The molecule has 0 aliphatic heterocycles. The number of fused-ring (bicyclic) bond motifs is 1. The highest BCUT2D eigenvalue weighted by atomic mass is 16.5. The van der Waals surface area contributed by atoms with Gasteiger partial charge >= 0.3 is 0 Å². The van der Waals surface area contributed by atoms with E-state index in [1.54, 1.807) is 7.11 Å². The first kappa shape index (κ1) is 8.20. The van der Waals surface area contributed by atoms with E-state index in [1.165, 1.54) is 0 Å². The number of carbonyl (C=O) groups excluding carboxylic acids is 1. The van der Waals surface area contributed by atoms with Crippen LogP contribution in [0.3, 0.4) is 0 Å². The number of hydrogen-bond donors (Lipinski definition) is 1. The van der Waals surface area contributed by atoms with Gasteiger partial charge in [0.25, 0.3) is 0 Å². The molecule has 12 heavy (non-hydrogen) atoms. The Morgan fingerprint density at radius 1 is 1.58 bits per heavy atom. The maximum atomic E-state index is 11.3. The minimum atomic E-state index is -0.793. The number of aliphatic hydroxyl groups is 1. The van der Waals surface area contributed by atoms with Crippen LogP contribution in [0.1, 0.15) is 13.3 Å². The Morgan fingerprint density at radius 2 is 2.25 bits per heavy atom. The zero-order valence-electron chi connectivity index (χ0n) is 7.36. The summed E-state index contributed by atoms with van der Waals surface area (Å²) < 4.78 is 5.26. The Kier molecular flexibility index (Phi) is 1.73. The van der Waals surface area contributed by atoms with Gasteiger partial charge in [-0.25, -0.2) is 0 Å². The second-order valence-corrected chi connectivity index (χ2v) is 3.91. The first-order valence-corrected chi connectivity index (χ1v) is 4.41. The molecular formula is C9H14O3. The molecule has 2 saturated carbocycles. The molecule has 2 aliphatic rings. The minimum absolute atomic E-state index is 0.0285. The molecule has 0 radical (unpaired) electrons. The number of aliphatic hydroxyl groups excluding tert-OH is 1. The molecule has 3 heteroatoms. The number of rotatable bonds is 1. The van der Waals surface area contributed by atoms with E-state index in [9.17, 15) is 9.90 Å². The SMILES string of the molecule is CO[C@H]1[C@@H](C)[C@@H](O)C(=O)[C@@H]2C[C@H]12. The third-order valence-electron chi connectivity index (χ3n) is 3.21. The maximum absolute atomic E-state index is 11.3. The van der Waals surface area contributed by atoms with Crippen molar-refractivity contribution in [3.05, 3.63) is 0 Å². The summed E-state index contributed by atoms with van der Waals surface area (Å²) in [6.07, 6.45) is 0.208. The zero-order chi connectivity index (χ0) is 8.88. The van der Waals surface area contributed by atoms with Crippen LogP contribution in [-0.4, -0.2) is 30.2 Å². The molecule has 2 rings (SSSR count). The highest BCUT2D eigenvalue weighted by Gasteiger charge is 2.57. The van der Waals surface area contributed by atoms with Gasteiger partial charge in [-0.05, 0) is 12.3 Å². The Hall–Kier alpha value is -0.410. The van der Waals surface area contributed by atoms with Gasteiger partial charge in [0, 0.05) is 18.9 Å². The number of hydrogen-bond acceptors (Lipinski definition) is 3. The highest BCUT2D eigenvalue weighted by Crippen LogP contribution is 2.50. The normalized spacial score (nSPS) is 51.9. The fourth-order valence-corrected chi connectivity index (χ4v) is 2.34. The third-order valence-corrected chi connectivity index (χ3v) is 3.21. The number of ketones is 1. The van der Waals surface area contributed by atoms with Crippen LogP contribution in [0.2, 0.25) is 0 Å². The lowest BCUT2D eigenvalue weighted by atomic mass is 9.84. The summed E-state index contributed by atoms with van der Waals surface area (Å²) in [5.41, 5.74) is 0. The van der Waals surface area contributed by atoms with Gasteiger partial charge < -0.3 is 9.84 Å². The maximum Gasteiger partial charge on any atom is 0.165 e. The van der Waals surface area contributed by atoms with Crippen molar-refractivity contribution in [3.8, 4) is 0 Å². The largest absolute Gasteiger partial charge is 0.385 e. The number of methoxy groups -OCH3 is 1. The summed E-state index contributed by atoms with van der Waals surface area (Å²) in [6, 6.07) is 0.